The molecule has 0 bridgehead atoms. The first kappa shape index (κ1) is 82.2. The molecule has 0 amide bonds. The first-order valence-corrected chi connectivity index (χ1v) is 47.1. The number of anilines is 6. The van der Waals surface area contributed by atoms with Crippen LogP contribution in [0.2, 0.25) is 0 Å². The van der Waals surface area contributed by atoms with Crippen LogP contribution in [0.25, 0.3) is 187 Å². The molecular formula is C118H82BBr2N5O2S3. The van der Waals surface area contributed by atoms with Crippen molar-refractivity contribution in [1.82, 2.24) is 13.7 Å². The van der Waals surface area contributed by atoms with E-state index in [1.54, 1.807) is 6.07 Å². The molecule has 7 nitrogen and oxygen atoms in total. The molecule has 0 aliphatic carbocycles. The molecular weight excluding hydrogens is 1790 g/mol. The van der Waals surface area contributed by atoms with Crippen LogP contribution in [0.3, 0.4) is 0 Å². The molecule has 2 N–H and O–H groups in total. The van der Waals surface area contributed by atoms with Gasteiger partial charge in [0.2, 0.25) is 0 Å². The predicted octanol–water partition coefficient (Wildman–Crippen LogP) is 34.5. The number of halogens is 2. The number of thiophene rings is 3. The highest BCUT2D eigenvalue weighted by atomic mass is 79.9. The van der Waals surface area contributed by atoms with E-state index >= 15 is 0 Å². The lowest BCUT2D eigenvalue weighted by Crippen LogP contribution is -2.29. The Balaban J connectivity index is 0.000000129. The van der Waals surface area contributed by atoms with E-state index in [9.17, 15) is 10.0 Å². The maximum absolute atomic E-state index is 9.73. The van der Waals surface area contributed by atoms with Gasteiger partial charge < -0.3 is 33.5 Å². The fourth-order valence-electron chi connectivity index (χ4n) is 19.5. The minimum absolute atomic E-state index is 0. The van der Waals surface area contributed by atoms with Crippen LogP contribution in [0.1, 0.15) is 14.9 Å². The molecule has 6 heterocycles. The summed E-state index contributed by atoms with van der Waals surface area (Å²) in [6.07, 6.45) is 0. The number of rotatable bonds is 12. The van der Waals surface area contributed by atoms with E-state index in [0.717, 1.165) is 82.0 Å². The van der Waals surface area contributed by atoms with Crippen molar-refractivity contribution in [2.75, 3.05) is 9.80 Å². The highest BCUT2D eigenvalue weighted by Crippen LogP contribution is 2.52. The molecule has 0 fully saturated rings. The summed E-state index contributed by atoms with van der Waals surface area (Å²) in [5.41, 5.74) is 21.9. The SMILES string of the molecule is Brc1cc(Br)cc(-c2ccc3c4c5sc6ccccc6c5ccc4n(-c4ccccc4)c3c2)c1.C.C.OB(O)c1ccc2c3c4sc5ccccc5c4ccc3n(-c3ccccc3)c2c1.c1ccc(N(c2cc(-c3ccc4c5c6sc7ccccc7c6ccc5n(-c5ccccc5)c4c3)cc(N(c3ccccc3)c3cccc4ccccc34)c2)c2cccc3ccccc23)cc1. The summed E-state index contributed by atoms with van der Waals surface area (Å²) in [4.78, 5) is 4.86. The molecule has 0 saturated heterocycles. The van der Waals surface area contributed by atoms with Gasteiger partial charge in [0.25, 0.3) is 0 Å². The molecule has 0 aliphatic rings. The lowest BCUT2D eigenvalue weighted by Gasteiger charge is -2.31. The van der Waals surface area contributed by atoms with E-state index in [1.165, 1.54) is 148 Å². The quantitative estimate of drug-likeness (QED) is 0.120. The van der Waals surface area contributed by atoms with Gasteiger partial charge in [-0.05, 0) is 202 Å². The standard InChI is InChI=1S/C62H41N3S.C30H17Br2NS.C24H16BNO2S.2CH4/c1-4-22-46(23-5-1)63(56-31-16-20-42-18-10-12-28-51(42)56)49-38-45(39-50(41-49)64(47-24-6-2-7-25-47)57-32-17-21-43-19-11-13-29-52(43)57)44-34-35-55-59(40-44)65(48-26-8-3-9-27-48)58-37-36-54-53-30-14-15-33-60(53)66-62(54)61(55)58;31-20-14-19(15-21(32)17-20)18-10-11-25-27(16-18)33(22-6-2-1-3-7-22)26-13-12-24-23-8-4-5-9-28(23)34-30(24)29(25)26;27-25(28)15-10-11-19-21(14-15)26(16-6-2-1-3-7-16)20-13-12-18-17-8-4-5-9-22(17)29-24(18)23(19)20;;/h1-41H;1-17H;1-14,27-28H;2*1H4. The highest BCUT2D eigenvalue weighted by molar-refractivity contribution is 9.11. The predicted molar refractivity (Wildman–Crippen MR) is 575 cm³/mol. The molecule has 626 valence electrons. The van der Waals surface area contributed by atoms with Crippen molar-refractivity contribution in [3.05, 3.63) is 446 Å². The summed E-state index contributed by atoms with van der Waals surface area (Å²) in [6, 6.07) is 157. The number of hydrogen-bond acceptors (Lipinski definition) is 7. The Morgan fingerprint density at radius 1 is 0.229 bits per heavy atom. The van der Waals surface area contributed by atoms with Crippen molar-refractivity contribution in [1.29, 1.82) is 0 Å². The Hall–Kier alpha value is -14.5. The van der Waals surface area contributed by atoms with Gasteiger partial charge in [-0.25, -0.2) is 0 Å². The molecule has 0 radical (unpaired) electrons. The van der Waals surface area contributed by atoms with E-state index in [1.807, 2.05) is 64.3 Å². The summed E-state index contributed by atoms with van der Waals surface area (Å²) in [6.45, 7) is 0. The Kier molecular flexibility index (Phi) is 21.5. The molecule has 131 heavy (non-hydrogen) atoms. The van der Waals surface area contributed by atoms with Crippen LogP contribution in [-0.2, 0) is 0 Å². The van der Waals surface area contributed by atoms with Crippen molar-refractivity contribution >= 4 is 260 Å². The molecule has 0 spiro atoms. The van der Waals surface area contributed by atoms with Crippen molar-refractivity contribution < 1.29 is 10.0 Å². The first-order valence-electron chi connectivity index (χ1n) is 43.1. The molecule has 6 aromatic heterocycles. The Morgan fingerprint density at radius 3 is 0.924 bits per heavy atom. The zero-order chi connectivity index (χ0) is 85.9. The monoisotopic (exact) mass is 1870 g/mol. The van der Waals surface area contributed by atoms with Gasteiger partial charge in [0, 0.05) is 152 Å². The van der Waals surface area contributed by atoms with Gasteiger partial charge in [-0.1, -0.05) is 320 Å². The van der Waals surface area contributed by atoms with E-state index in [4.69, 9.17) is 0 Å². The lowest BCUT2D eigenvalue weighted by molar-refractivity contribution is 0.426. The van der Waals surface area contributed by atoms with Crippen molar-refractivity contribution in [2.24, 2.45) is 0 Å². The lowest BCUT2D eigenvalue weighted by atomic mass is 9.80. The average molecular weight is 1870 g/mol. The molecule has 20 aromatic carbocycles. The summed E-state index contributed by atoms with van der Waals surface area (Å²) in [5, 5.41) is 39.5. The molecule has 0 unspecified atom stereocenters. The number of fused-ring (bicyclic) bond motifs is 23. The Morgan fingerprint density at radius 2 is 0.542 bits per heavy atom. The Labute approximate surface area is 786 Å². The third-order valence-corrected chi connectivity index (χ3v) is 29.7. The fraction of sp³-hybridized carbons (Fsp3) is 0.0169. The zero-order valence-electron chi connectivity index (χ0n) is 69.3. The zero-order valence-corrected chi connectivity index (χ0v) is 74.9. The van der Waals surface area contributed by atoms with Crippen molar-refractivity contribution in [3.8, 4) is 39.3 Å². The maximum atomic E-state index is 9.73. The second-order valence-corrected chi connectivity index (χ2v) is 37.7. The summed E-state index contributed by atoms with van der Waals surface area (Å²) >= 11 is 12.9. The topological polar surface area (TPSA) is 61.7 Å². The largest absolute Gasteiger partial charge is 0.488 e. The van der Waals surface area contributed by atoms with Gasteiger partial charge in [0.1, 0.15) is 0 Å². The first-order chi connectivity index (χ1) is 63.6. The fourth-order valence-corrected chi connectivity index (χ4v) is 24.6. The van der Waals surface area contributed by atoms with E-state index in [0.29, 0.717) is 5.46 Å². The minimum atomic E-state index is -1.49. The summed E-state index contributed by atoms with van der Waals surface area (Å²) < 4.78 is 17.1. The Bertz CT molecular complexity index is 8750. The van der Waals surface area contributed by atoms with Crippen LogP contribution in [0.4, 0.5) is 34.1 Å². The van der Waals surface area contributed by atoms with Gasteiger partial charge in [-0.3, -0.25) is 0 Å². The van der Waals surface area contributed by atoms with Crippen LogP contribution in [0.15, 0.2) is 446 Å². The van der Waals surface area contributed by atoms with Crippen LogP contribution >= 0.6 is 65.9 Å². The van der Waals surface area contributed by atoms with Gasteiger partial charge in [-0.15, -0.1) is 34.0 Å². The average Bonchev–Trinajstić information content (AvgIpc) is 1.58. The second kappa shape index (κ2) is 34.2. The van der Waals surface area contributed by atoms with Crippen molar-refractivity contribution in [3.63, 3.8) is 0 Å². The molecule has 26 aromatic rings. The third-order valence-electron chi connectivity index (χ3n) is 25.2. The van der Waals surface area contributed by atoms with E-state index in [-0.39, 0.29) is 14.9 Å². The van der Waals surface area contributed by atoms with Crippen LogP contribution in [-0.4, -0.2) is 30.9 Å². The normalized spacial score (nSPS) is 11.5. The van der Waals surface area contributed by atoms with E-state index < -0.39 is 7.12 Å². The molecule has 26 rings (SSSR count). The van der Waals surface area contributed by atoms with E-state index in [2.05, 4.69) is 456 Å². The maximum Gasteiger partial charge on any atom is 0.488 e. The van der Waals surface area contributed by atoms with Gasteiger partial charge >= 0.3 is 7.12 Å². The van der Waals surface area contributed by atoms with Crippen LogP contribution in [0, 0.1) is 0 Å². The molecule has 0 aliphatic heterocycles. The number of para-hydroxylation sites is 5. The highest BCUT2D eigenvalue weighted by Gasteiger charge is 2.27. The molecule has 0 atom stereocenters. The third kappa shape index (κ3) is 14.3. The summed E-state index contributed by atoms with van der Waals surface area (Å²) in [7, 11) is -1.49. The number of nitrogens with zero attached hydrogens (tertiary/aromatic N) is 5. The smallest absolute Gasteiger partial charge is 0.423 e. The number of benzene rings is 20. The number of aromatic nitrogens is 3. The second-order valence-electron chi connectivity index (χ2n) is 32.7. The van der Waals surface area contributed by atoms with Crippen LogP contribution < -0.4 is 15.3 Å². The summed E-state index contributed by atoms with van der Waals surface area (Å²) in [5.74, 6) is 0. The van der Waals surface area contributed by atoms with Crippen molar-refractivity contribution in [2.45, 2.75) is 14.9 Å². The van der Waals surface area contributed by atoms with Gasteiger partial charge in [0.05, 0.1) is 44.5 Å². The molecule has 0 saturated carbocycles. The minimum Gasteiger partial charge on any atom is -0.423 e. The van der Waals surface area contributed by atoms with Gasteiger partial charge in [0.15, 0.2) is 0 Å². The van der Waals surface area contributed by atoms with Crippen LogP contribution in [0.5, 0.6) is 0 Å². The molecule has 13 heteroatoms. The number of hydrogen-bond donors (Lipinski definition) is 2. The van der Waals surface area contributed by atoms with Gasteiger partial charge in [-0.2, -0.15) is 0 Å².